The molecule has 0 amide bonds. The normalized spacial score (nSPS) is 16.9. The van der Waals surface area contributed by atoms with Gasteiger partial charge in [0.25, 0.3) is 0 Å². The second-order valence-electron chi connectivity index (χ2n) is 13.4. The van der Waals surface area contributed by atoms with Gasteiger partial charge in [0.15, 0.2) is 0 Å². The van der Waals surface area contributed by atoms with Gasteiger partial charge in [0.05, 0.1) is 11.0 Å². The summed E-state index contributed by atoms with van der Waals surface area (Å²) in [6, 6.07) is 60.6. The molecule has 1 nitrogen and oxygen atoms in total. The fraction of sp³-hybridized carbons (Fsp3) is 0.0638. The van der Waals surface area contributed by atoms with Crippen molar-refractivity contribution in [3.05, 3.63) is 197 Å². The van der Waals surface area contributed by atoms with Crippen LogP contribution in [0.4, 0.5) is 0 Å². The summed E-state index contributed by atoms with van der Waals surface area (Å²) in [4.78, 5) is 0. The highest BCUT2D eigenvalue weighted by molar-refractivity contribution is 6.12. The Bertz CT molecular complexity index is 2590. The molecule has 2 aliphatic carbocycles. The monoisotopic (exact) mass is 611 g/mol. The second-order valence-corrected chi connectivity index (χ2v) is 13.4. The minimum atomic E-state index is -0.235. The lowest BCUT2D eigenvalue weighted by atomic mass is 9.74. The van der Waals surface area contributed by atoms with E-state index >= 15 is 0 Å². The van der Waals surface area contributed by atoms with Crippen molar-refractivity contribution >= 4 is 33.5 Å². The van der Waals surface area contributed by atoms with Gasteiger partial charge in [-0.1, -0.05) is 140 Å². The molecular formula is C47H33N. The molecule has 1 heteroatoms. The molecule has 226 valence electrons. The van der Waals surface area contributed by atoms with E-state index in [1.165, 1.54) is 88.7 Å². The summed E-state index contributed by atoms with van der Waals surface area (Å²) in [7, 11) is 0. The summed E-state index contributed by atoms with van der Waals surface area (Å²) >= 11 is 0. The van der Waals surface area contributed by atoms with Gasteiger partial charge >= 0.3 is 0 Å². The quantitative estimate of drug-likeness (QED) is 0.187. The first-order chi connectivity index (χ1) is 23.7. The van der Waals surface area contributed by atoms with Crippen LogP contribution in [0.2, 0.25) is 0 Å². The van der Waals surface area contributed by atoms with Crippen molar-refractivity contribution in [2.24, 2.45) is 0 Å². The van der Waals surface area contributed by atoms with Crippen LogP contribution in [-0.2, 0) is 11.8 Å². The van der Waals surface area contributed by atoms with E-state index < -0.39 is 0 Å². The molecule has 7 aromatic carbocycles. The predicted molar refractivity (Wildman–Crippen MR) is 202 cm³/mol. The van der Waals surface area contributed by atoms with Gasteiger partial charge in [0.2, 0.25) is 0 Å². The second kappa shape index (κ2) is 10.3. The molecule has 0 N–H and O–H groups in total. The third-order valence-electron chi connectivity index (χ3n) is 10.9. The van der Waals surface area contributed by atoms with Crippen molar-refractivity contribution in [3.8, 4) is 27.9 Å². The van der Waals surface area contributed by atoms with E-state index in [9.17, 15) is 0 Å². The van der Waals surface area contributed by atoms with E-state index in [4.69, 9.17) is 0 Å². The van der Waals surface area contributed by atoms with E-state index in [-0.39, 0.29) is 5.41 Å². The molecule has 0 aliphatic heterocycles. The Hall–Kier alpha value is -5.92. The van der Waals surface area contributed by atoms with Crippen LogP contribution in [0.3, 0.4) is 0 Å². The molecule has 0 bridgehead atoms. The number of rotatable bonds is 3. The number of aromatic nitrogens is 1. The van der Waals surface area contributed by atoms with Gasteiger partial charge in [-0.2, -0.15) is 0 Å². The summed E-state index contributed by atoms with van der Waals surface area (Å²) in [5.74, 6) is 0. The zero-order valence-corrected chi connectivity index (χ0v) is 26.8. The van der Waals surface area contributed by atoms with Crippen LogP contribution in [-0.4, -0.2) is 4.57 Å². The largest absolute Gasteiger partial charge is 0.309 e. The first-order valence-electron chi connectivity index (χ1n) is 16.9. The fourth-order valence-electron chi connectivity index (χ4n) is 8.60. The number of fused-ring (bicyclic) bond motifs is 9. The van der Waals surface area contributed by atoms with Gasteiger partial charge in [0.1, 0.15) is 0 Å². The Morgan fingerprint density at radius 1 is 0.500 bits per heavy atom. The van der Waals surface area contributed by atoms with Gasteiger partial charge in [0, 0.05) is 21.9 Å². The number of para-hydroxylation sites is 1. The minimum Gasteiger partial charge on any atom is -0.309 e. The molecule has 1 atom stereocenters. The Kier molecular flexibility index (Phi) is 5.83. The number of benzene rings is 7. The van der Waals surface area contributed by atoms with E-state index in [1.54, 1.807) is 0 Å². The molecule has 0 spiro atoms. The van der Waals surface area contributed by atoms with Crippen molar-refractivity contribution in [3.63, 3.8) is 0 Å². The molecule has 0 saturated heterocycles. The van der Waals surface area contributed by atoms with Crippen LogP contribution in [0, 0.1) is 0 Å². The molecule has 2 aliphatic rings. The predicted octanol–water partition coefficient (Wildman–Crippen LogP) is 11.9. The van der Waals surface area contributed by atoms with Crippen LogP contribution < -0.4 is 0 Å². The smallest absolute Gasteiger partial charge is 0.0547 e. The first kappa shape index (κ1) is 27.2. The average Bonchev–Trinajstić information content (AvgIpc) is 3.61. The topological polar surface area (TPSA) is 4.93 Å². The molecule has 48 heavy (non-hydrogen) atoms. The number of hydrogen-bond acceptors (Lipinski definition) is 0. The zero-order chi connectivity index (χ0) is 31.8. The summed E-state index contributed by atoms with van der Waals surface area (Å²) in [5, 5.41) is 2.58. The maximum absolute atomic E-state index is 2.49. The van der Waals surface area contributed by atoms with Crippen molar-refractivity contribution in [2.45, 2.75) is 18.8 Å². The highest BCUT2D eigenvalue weighted by Crippen LogP contribution is 2.54. The third kappa shape index (κ3) is 3.85. The number of nitrogens with zero attached hydrogens (tertiary/aromatic N) is 1. The highest BCUT2D eigenvalue weighted by Gasteiger charge is 2.41. The van der Waals surface area contributed by atoms with Crippen LogP contribution in [0.15, 0.2) is 164 Å². The average molecular weight is 612 g/mol. The highest BCUT2D eigenvalue weighted by atomic mass is 15.0. The van der Waals surface area contributed by atoms with Gasteiger partial charge in [-0.25, -0.2) is 0 Å². The van der Waals surface area contributed by atoms with E-state index in [1.807, 2.05) is 0 Å². The molecule has 1 unspecified atom stereocenters. The molecule has 0 fully saturated rings. The Balaban J connectivity index is 1.24. The van der Waals surface area contributed by atoms with Gasteiger partial charge in [-0.15, -0.1) is 0 Å². The van der Waals surface area contributed by atoms with E-state index in [2.05, 4.69) is 181 Å². The Morgan fingerprint density at radius 3 is 2.06 bits per heavy atom. The molecule has 0 saturated carbocycles. The van der Waals surface area contributed by atoms with Crippen LogP contribution >= 0.6 is 0 Å². The molecule has 10 rings (SSSR count). The standard InChI is InChI=1S/C47H33N/c1-47(34-17-6-3-7-18-34)43-22-12-10-20-38(43)41-30-46-42(29-44(41)47)39-21-11-13-23-45(39)48(46)35-24-25-37-33(26-31-14-4-2-5-15-31)27-32-16-8-9-19-36(32)40(37)28-35/h2-26,28-30H,27H2,1H3/b33-26-. The lowest BCUT2D eigenvalue weighted by Crippen LogP contribution is -2.22. The van der Waals surface area contributed by atoms with Crippen molar-refractivity contribution in [1.82, 2.24) is 4.57 Å². The lowest BCUT2D eigenvalue weighted by Gasteiger charge is -2.28. The summed E-state index contributed by atoms with van der Waals surface area (Å²) in [5.41, 5.74) is 18.1. The third-order valence-corrected chi connectivity index (χ3v) is 10.9. The van der Waals surface area contributed by atoms with E-state index in [0.29, 0.717) is 0 Å². The number of hydrogen-bond donors (Lipinski definition) is 0. The maximum Gasteiger partial charge on any atom is 0.0547 e. The molecule has 0 radical (unpaired) electrons. The van der Waals surface area contributed by atoms with Crippen LogP contribution in [0.25, 0.3) is 61.4 Å². The first-order valence-corrected chi connectivity index (χ1v) is 16.9. The van der Waals surface area contributed by atoms with Gasteiger partial charge in [-0.3, -0.25) is 0 Å². The zero-order valence-electron chi connectivity index (χ0n) is 26.8. The van der Waals surface area contributed by atoms with Crippen LogP contribution in [0.5, 0.6) is 0 Å². The fourth-order valence-corrected chi connectivity index (χ4v) is 8.60. The summed E-state index contributed by atoms with van der Waals surface area (Å²) < 4.78 is 2.49. The van der Waals surface area contributed by atoms with Crippen molar-refractivity contribution < 1.29 is 0 Å². The summed E-state index contributed by atoms with van der Waals surface area (Å²) in [6.45, 7) is 2.40. The van der Waals surface area contributed by atoms with Crippen LogP contribution in [0.1, 0.15) is 40.3 Å². The maximum atomic E-state index is 2.49. The Labute approximate surface area is 281 Å². The number of allylic oxidation sites excluding steroid dienone is 1. The van der Waals surface area contributed by atoms with Gasteiger partial charge < -0.3 is 4.57 Å². The molecular weight excluding hydrogens is 579 g/mol. The van der Waals surface area contributed by atoms with Crippen molar-refractivity contribution in [1.29, 1.82) is 0 Å². The van der Waals surface area contributed by atoms with E-state index in [0.717, 1.165) is 6.42 Å². The minimum absolute atomic E-state index is 0.235. The molecule has 1 heterocycles. The lowest BCUT2D eigenvalue weighted by molar-refractivity contribution is 0.715. The summed E-state index contributed by atoms with van der Waals surface area (Å²) in [6.07, 6.45) is 3.29. The Morgan fingerprint density at radius 2 is 1.21 bits per heavy atom. The van der Waals surface area contributed by atoms with Gasteiger partial charge in [-0.05, 0) is 105 Å². The SMILES string of the molecule is CC1(c2ccccc2)c2ccccc2-c2cc3c(cc21)c1ccccc1n3-c1ccc2c(c1)-c1ccccc1C/C2=C/c1ccccc1. The van der Waals surface area contributed by atoms with Crippen molar-refractivity contribution in [2.75, 3.05) is 0 Å². The molecule has 8 aromatic rings. The molecule has 1 aromatic heterocycles.